The molecule has 25 heavy (non-hydrogen) atoms. The Balaban J connectivity index is 1.90. The van der Waals surface area contributed by atoms with Crippen LogP contribution in [0.4, 0.5) is 11.4 Å². The van der Waals surface area contributed by atoms with E-state index in [0.29, 0.717) is 30.8 Å². The van der Waals surface area contributed by atoms with Gasteiger partial charge in [-0.05, 0) is 49.2 Å². The van der Waals surface area contributed by atoms with Crippen LogP contribution >= 0.6 is 0 Å². The van der Waals surface area contributed by atoms with E-state index in [9.17, 15) is 13.2 Å². The van der Waals surface area contributed by atoms with Crippen molar-refractivity contribution < 1.29 is 17.9 Å². The van der Waals surface area contributed by atoms with Gasteiger partial charge in [-0.1, -0.05) is 18.2 Å². The standard InChI is InChI=1S/C18H22N2O4S/c1-3-24-17-7-5-4-6-14(17)8-13-18(21)19-15-9-11-16(12-10-15)20-25(2,22)23/h4-7,9-12,20H,3,8,13H2,1-2H3,(H,19,21). The first-order valence-corrected chi connectivity index (χ1v) is 9.85. The minimum atomic E-state index is -3.31. The average Bonchev–Trinajstić information content (AvgIpc) is 2.55. The highest BCUT2D eigenvalue weighted by Gasteiger charge is 2.08. The van der Waals surface area contributed by atoms with Crippen LogP contribution in [0.3, 0.4) is 0 Å². The third-order valence-corrected chi connectivity index (χ3v) is 3.97. The van der Waals surface area contributed by atoms with Gasteiger partial charge in [0.1, 0.15) is 5.75 Å². The molecule has 0 atom stereocenters. The molecule has 1 amide bonds. The third kappa shape index (κ3) is 6.46. The minimum Gasteiger partial charge on any atom is -0.494 e. The number of hydrogen-bond acceptors (Lipinski definition) is 4. The molecule has 0 saturated carbocycles. The Morgan fingerprint density at radius 1 is 1.04 bits per heavy atom. The monoisotopic (exact) mass is 362 g/mol. The maximum Gasteiger partial charge on any atom is 0.229 e. The van der Waals surface area contributed by atoms with Crippen LogP contribution in [0.2, 0.25) is 0 Å². The maximum absolute atomic E-state index is 12.1. The van der Waals surface area contributed by atoms with Crippen molar-refractivity contribution in [1.82, 2.24) is 0 Å². The molecule has 2 aromatic carbocycles. The lowest BCUT2D eigenvalue weighted by atomic mass is 10.1. The van der Waals surface area contributed by atoms with E-state index in [4.69, 9.17) is 4.74 Å². The molecule has 134 valence electrons. The van der Waals surface area contributed by atoms with Gasteiger partial charge in [0, 0.05) is 17.8 Å². The number of aryl methyl sites for hydroxylation is 1. The summed E-state index contributed by atoms with van der Waals surface area (Å²) in [6.07, 6.45) is 1.99. The molecule has 2 rings (SSSR count). The molecule has 0 heterocycles. The van der Waals surface area contributed by atoms with Crippen LogP contribution in [-0.2, 0) is 21.2 Å². The van der Waals surface area contributed by atoms with Crippen molar-refractivity contribution >= 4 is 27.3 Å². The van der Waals surface area contributed by atoms with E-state index in [1.165, 1.54) is 0 Å². The van der Waals surface area contributed by atoms with Crippen LogP contribution in [0.5, 0.6) is 5.75 Å². The molecule has 2 aromatic rings. The van der Waals surface area contributed by atoms with Gasteiger partial charge >= 0.3 is 0 Å². The quantitative estimate of drug-likeness (QED) is 0.756. The number of amides is 1. The van der Waals surface area contributed by atoms with Gasteiger partial charge in [0.05, 0.1) is 12.9 Å². The molecule has 0 aliphatic carbocycles. The van der Waals surface area contributed by atoms with Gasteiger partial charge < -0.3 is 10.1 Å². The largest absolute Gasteiger partial charge is 0.494 e. The number of ether oxygens (including phenoxy) is 1. The Bertz CT molecular complexity index is 817. The Morgan fingerprint density at radius 3 is 2.32 bits per heavy atom. The zero-order valence-electron chi connectivity index (χ0n) is 14.3. The number of carbonyl (C=O) groups is 1. The van der Waals surface area contributed by atoms with Gasteiger partial charge in [0.2, 0.25) is 15.9 Å². The second-order valence-electron chi connectivity index (χ2n) is 5.54. The van der Waals surface area contributed by atoms with Crippen molar-refractivity contribution in [1.29, 1.82) is 0 Å². The molecule has 0 unspecified atom stereocenters. The molecular formula is C18H22N2O4S. The van der Waals surface area contributed by atoms with E-state index in [-0.39, 0.29) is 5.91 Å². The summed E-state index contributed by atoms with van der Waals surface area (Å²) in [7, 11) is -3.31. The lowest BCUT2D eigenvalue weighted by molar-refractivity contribution is -0.116. The van der Waals surface area contributed by atoms with Crippen molar-refractivity contribution in [3.05, 3.63) is 54.1 Å². The van der Waals surface area contributed by atoms with Crippen LogP contribution in [0, 0.1) is 0 Å². The normalized spacial score (nSPS) is 11.0. The third-order valence-electron chi connectivity index (χ3n) is 3.37. The Labute approximate surface area is 148 Å². The van der Waals surface area contributed by atoms with Gasteiger partial charge in [0.15, 0.2) is 0 Å². The van der Waals surface area contributed by atoms with Gasteiger partial charge in [-0.2, -0.15) is 0 Å². The van der Waals surface area contributed by atoms with E-state index < -0.39 is 10.0 Å². The fourth-order valence-corrected chi connectivity index (χ4v) is 2.88. The predicted octanol–water partition coefficient (Wildman–Crippen LogP) is 3.03. The molecule has 6 nitrogen and oxygen atoms in total. The summed E-state index contributed by atoms with van der Waals surface area (Å²) in [6.45, 7) is 2.50. The van der Waals surface area contributed by atoms with Crippen LogP contribution in [0.1, 0.15) is 18.9 Å². The summed E-state index contributed by atoms with van der Waals surface area (Å²) >= 11 is 0. The summed E-state index contributed by atoms with van der Waals surface area (Å²) in [4.78, 5) is 12.1. The fourth-order valence-electron chi connectivity index (χ4n) is 2.31. The minimum absolute atomic E-state index is 0.116. The number of rotatable bonds is 8. The van der Waals surface area contributed by atoms with Crippen LogP contribution in [-0.4, -0.2) is 27.2 Å². The van der Waals surface area contributed by atoms with Gasteiger partial charge in [-0.3, -0.25) is 9.52 Å². The van der Waals surface area contributed by atoms with E-state index >= 15 is 0 Å². The molecular weight excluding hydrogens is 340 g/mol. The summed E-state index contributed by atoms with van der Waals surface area (Å²) in [5.41, 5.74) is 2.06. The number of carbonyl (C=O) groups excluding carboxylic acids is 1. The summed E-state index contributed by atoms with van der Waals surface area (Å²) < 4.78 is 30.3. The first kappa shape index (κ1) is 18.8. The zero-order chi connectivity index (χ0) is 18.3. The van der Waals surface area contributed by atoms with E-state index in [0.717, 1.165) is 17.6 Å². The van der Waals surface area contributed by atoms with Gasteiger partial charge in [0.25, 0.3) is 0 Å². The van der Waals surface area contributed by atoms with Crippen molar-refractivity contribution in [3.63, 3.8) is 0 Å². The number of para-hydroxylation sites is 1. The lowest BCUT2D eigenvalue weighted by Gasteiger charge is -2.10. The SMILES string of the molecule is CCOc1ccccc1CCC(=O)Nc1ccc(NS(C)(=O)=O)cc1. The van der Waals surface area contributed by atoms with Crippen molar-refractivity contribution in [2.75, 3.05) is 22.9 Å². The second-order valence-corrected chi connectivity index (χ2v) is 7.29. The smallest absolute Gasteiger partial charge is 0.229 e. The molecule has 0 aliphatic heterocycles. The summed E-state index contributed by atoms with van der Waals surface area (Å²) in [5, 5.41) is 2.80. The first-order valence-electron chi connectivity index (χ1n) is 7.96. The van der Waals surface area contributed by atoms with Gasteiger partial charge in [-0.25, -0.2) is 8.42 Å². The molecule has 0 radical (unpaired) electrons. The predicted molar refractivity (Wildman–Crippen MR) is 99.5 cm³/mol. The Hall–Kier alpha value is -2.54. The number of hydrogen-bond donors (Lipinski definition) is 2. The summed E-state index contributed by atoms with van der Waals surface area (Å²) in [6, 6.07) is 14.2. The highest BCUT2D eigenvalue weighted by atomic mass is 32.2. The van der Waals surface area contributed by atoms with Crippen LogP contribution < -0.4 is 14.8 Å². The Morgan fingerprint density at radius 2 is 1.68 bits per heavy atom. The second kappa shape index (κ2) is 8.53. The van der Waals surface area contributed by atoms with Crippen molar-refractivity contribution in [3.8, 4) is 5.75 Å². The molecule has 0 saturated heterocycles. The first-order chi connectivity index (χ1) is 11.9. The van der Waals surface area contributed by atoms with Crippen LogP contribution in [0.25, 0.3) is 0 Å². The van der Waals surface area contributed by atoms with Gasteiger partial charge in [-0.15, -0.1) is 0 Å². The molecule has 7 heteroatoms. The average molecular weight is 362 g/mol. The zero-order valence-corrected chi connectivity index (χ0v) is 15.1. The number of sulfonamides is 1. The van der Waals surface area contributed by atoms with Crippen LogP contribution in [0.15, 0.2) is 48.5 Å². The number of anilines is 2. The van der Waals surface area contributed by atoms with Crippen molar-refractivity contribution in [2.24, 2.45) is 0 Å². The summed E-state index contributed by atoms with van der Waals surface area (Å²) in [5.74, 6) is 0.684. The van der Waals surface area contributed by atoms with E-state index in [2.05, 4.69) is 10.0 Å². The molecule has 0 aromatic heterocycles. The highest BCUT2D eigenvalue weighted by Crippen LogP contribution is 2.20. The number of benzene rings is 2. The molecule has 0 fully saturated rings. The number of nitrogens with one attached hydrogen (secondary N) is 2. The van der Waals surface area contributed by atoms with E-state index in [1.54, 1.807) is 24.3 Å². The molecule has 2 N–H and O–H groups in total. The van der Waals surface area contributed by atoms with Crippen molar-refractivity contribution in [2.45, 2.75) is 19.8 Å². The molecule has 0 bridgehead atoms. The Kier molecular flexibility index (Phi) is 6.41. The molecule has 0 aliphatic rings. The fraction of sp³-hybridized carbons (Fsp3) is 0.278. The lowest BCUT2D eigenvalue weighted by Crippen LogP contribution is -2.13. The maximum atomic E-state index is 12.1. The highest BCUT2D eigenvalue weighted by molar-refractivity contribution is 7.92. The topological polar surface area (TPSA) is 84.5 Å². The molecule has 0 spiro atoms. The van der Waals surface area contributed by atoms with E-state index in [1.807, 2.05) is 31.2 Å².